The molecule has 0 spiro atoms. The van der Waals surface area contributed by atoms with Crippen LogP contribution in [0.4, 0.5) is 0 Å². The summed E-state index contributed by atoms with van der Waals surface area (Å²) in [6.45, 7) is 0. The van der Waals surface area contributed by atoms with Crippen molar-refractivity contribution in [3.05, 3.63) is 0 Å². The molecule has 0 aliphatic carbocycles. The van der Waals surface area contributed by atoms with Crippen LogP contribution in [0.1, 0.15) is 12.8 Å². The van der Waals surface area contributed by atoms with Crippen molar-refractivity contribution in [3.63, 3.8) is 0 Å². The predicted molar refractivity (Wildman–Crippen MR) is 81.4 cm³/mol. The molecule has 18 heavy (non-hydrogen) atoms. The van der Waals surface area contributed by atoms with Crippen LogP contribution < -0.4 is 11.5 Å². The first kappa shape index (κ1) is 18.8. The molecule has 0 aliphatic rings. The summed E-state index contributed by atoms with van der Waals surface area (Å²) in [6, 6.07) is -0.494. The summed E-state index contributed by atoms with van der Waals surface area (Å²) < 4.78 is 38.2. The third kappa shape index (κ3) is 13.3. The zero-order valence-electron chi connectivity index (χ0n) is 9.90. The number of nitrogens with two attached hydrogens (primary N) is 2. The summed E-state index contributed by atoms with van der Waals surface area (Å²) in [5.41, 5.74) is 11.3. The van der Waals surface area contributed by atoms with E-state index in [-0.39, 0.29) is 23.6 Å². The molecule has 110 valence electrons. The van der Waals surface area contributed by atoms with E-state index in [0.717, 1.165) is 11.5 Å². The Balaban J connectivity index is 3.35. The van der Waals surface area contributed by atoms with Crippen molar-refractivity contribution in [1.82, 2.24) is 0 Å². The Morgan fingerprint density at radius 3 is 1.50 bits per heavy atom. The van der Waals surface area contributed by atoms with E-state index in [0.29, 0.717) is 12.8 Å². The van der Waals surface area contributed by atoms with Gasteiger partial charge in [-0.05, 0) is 12.8 Å². The quantitative estimate of drug-likeness (QED) is 0.240. The van der Waals surface area contributed by atoms with Crippen molar-refractivity contribution < 1.29 is 17.5 Å². The zero-order chi connectivity index (χ0) is 14.0. The predicted octanol–water partition coefficient (Wildman–Crippen LogP) is 0.246. The van der Waals surface area contributed by atoms with Gasteiger partial charge < -0.3 is 20.6 Å². The topological polar surface area (TPSA) is 127 Å². The van der Waals surface area contributed by atoms with Gasteiger partial charge in [0.2, 0.25) is 0 Å². The number of hydrogen-bond donors (Lipinski definition) is 4. The van der Waals surface area contributed by atoms with Crippen LogP contribution >= 0.6 is 21.6 Å². The molecule has 0 aliphatic heterocycles. The van der Waals surface area contributed by atoms with Crippen LogP contribution in [0.5, 0.6) is 0 Å². The zero-order valence-corrected chi connectivity index (χ0v) is 13.2. The Kier molecular flexibility index (Phi) is 12.2. The molecule has 0 saturated heterocycles. The Morgan fingerprint density at radius 2 is 1.22 bits per heavy atom. The van der Waals surface area contributed by atoms with Gasteiger partial charge in [-0.15, -0.1) is 0 Å². The Morgan fingerprint density at radius 1 is 0.889 bits per heavy atom. The molecule has 0 bridgehead atoms. The Bertz CT molecular complexity index is 243. The summed E-state index contributed by atoms with van der Waals surface area (Å²) in [5, 5.41) is 0. The maximum atomic E-state index is 10.5. The van der Waals surface area contributed by atoms with Gasteiger partial charge in [-0.3, -0.25) is 0 Å². The van der Waals surface area contributed by atoms with Crippen LogP contribution in [0.3, 0.4) is 0 Å². The fourth-order valence-electron chi connectivity index (χ4n) is 1.05. The number of rotatable bonds is 11. The molecule has 0 aromatic heterocycles. The summed E-state index contributed by atoms with van der Waals surface area (Å²) >= 11 is -3.65. The average molecular weight is 337 g/mol. The molecule has 0 aromatic carbocycles. The van der Waals surface area contributed by atoms with E-state index in [1.165, 1.54) is 0 Å². The SMILES string of the molecule is N[C@@H](CCSSCC[C@H](N)CS(=O)O)CS(=O)O. The molecule has 0 rings (SSSR count). The van der Waals surface area contributed by atoms with Gasteiger partial charge in [0.25, 0.3) is 0 Å². The van der Waals surface area contributed by atoms with Crippen LogP contribution in [0, 0.1) is 0 Å². The highest BCUT2D eigenvalue weighted by atomic mass is 33.1. The first-order valence-corrected chi connectivity index (χ1v) is 10.4. The molecule has 0 radical (unpaired) electrons. The second-order valence-electron chi connectivity index (χ2n) is 3.72. The lowest BCUT2D eigenvalue weighted by Gasteiger charge is -2.09. The molecule has 0 saturated carbocycles. The highest BCUT2D eigenvalue weighted by Crippen LogP contribution is 2.23. The molecule has 0 heterocycles. The standard InChI is InChI=1S/C8H20N2O4S4/c9-7(5-17(11)12)1-3-15-16-4-2-8(10)6-18(13)14/h7-8H,1-6,9-10H2,(H,11,12)(H,13,14)/t7-,8-/m0/s1. The average Bonchev–Trinajstić information content (AvgIpc) is 2.20. The Labute approximate surface area is 120 Å². The molecule has 10 heteroatoms. The minimum atomic E-state index is -1.83. The van der Waals surface area contributed by atoms with Gasteiger partial charge in [0.15, 0.2) is 22.2 Å². The molecule has 0 aromatic rings. The summed E-state index contributed by atoms with van der Waals surface area (Å²) in [7, 11) is 3.26. The molecular weight excluding hydrogens is 316 g/mol. The second kappa shape index (κ2) is 11.6. The maximum absolute atomic E-state index is 10.5. The molecule has 4 atom stereocenters. The molecule has 6 nitrogen and oxygen atoms in total. The van der Waals surface area contributed by atoms with E-state index in [2.05, 4.69) is 0 Å². The molecule has 2 unspecified atom stereocenters. The van der Waals surface area contributed by atoms with Crippen molar-refractivity contribution in [2.45, 2.75) is 24.9 Å². The minimum Gasteiger partial charge on any atom is -0.327 e. The first-order valence-electron chi connectivity index (χ1n) is 5.32. The van der Waals surface area contributed by atoms with Crippen LogP contribution in [-0.4, -0.2) is 52.6 Å². The van der Waals surface area contributed by atoms with Gasteiger partial charge >= 0.3 is 0 Å². The number of hydrogen-bond acceptors (Lipinski definition) is 6. The van der Waals surface area contributed by atoms with Crippen molar-refractivity contribution in [2.24, 2.45) is 11.5 Å². The van der Waals surface area contributed by atoms with Crippen molar-refractivity contribution in [3.8, 4) is 0 Å². The van der Waals surface area contributed by atoms with Crippen molar-refractivity contribution >= 4 is 43.7 Å². The van der Waals surface area contributed by atoms with Crippen LogP contribution in [-0.2, 0) is 22.2 Å². The van der Waals surface area contributed by atoms with Gasteiger partial charge in [-0.25, -0.2) is 8.42 Å². The van der Waals surface area contributed by atoms with Gasteiger partial charge in [-0.2, -0.15) is 0 Å². The van der Waals surface area contributed by atoms with Gasteiger partial charge in [-0.1, -0.05) is 21.6 Å². The second-order valence-corrected chi connectivity index (χ2v) is 8.37. The molecule has 0 fully saturated rings. The normalized spacial score (nSPS) is 18.2. The monoisotopic (exact) mass is 336 g/mol. The lowest BCUT2D eigenvalue weighted by molar-refractivity contribution is 0.552. The summed E-state index contributed by atoms with van der Waals surface area (Å²) in [4.78, 5) is 0. The smallest absolute Gasteiger partial charge is 0.154 e. The van der Waals surface area contributed by atoms with Crippen LogP contribution in [0.25, 0.3) is 0 Å². The fourth-order valence-corrected chi connectivity index (χ4v) is 4.43. The van der Waals surface area contributed by atoms with E-state index in [4.69, 9.17) is 20.6 Å². The Hall–Kier alpha value is 0.840. The van der Waals surface area contributed by atoms with Gasteiger partial charge in [0.1, 0.15) is 0 Å². The third-order valence-corrected chi connectivity index (χ3v) is 5.84. The molecular formula is C8H20N2O4S4. The lowest BCUT2D eigenvalue weighted by atomic mass is 10.3. The summed E-state index contributed by atoms with van der Waals surface area (Å²) in [5.74, 6) is 1.84. The van der Waals surface area contributed by atoms with E-state index in [1.54, 1.807) is 21.6 Å². The third-order valence-electron chi connectivity index (χ3n) is 1.94. The maximum Gasteiger partial charge on any atom is 0.154 e. The first-order chi connectivity index (χ1) is 8.41. The highest BCUT2D eigenvalue weighted by Gasteiger charge is 2.07. The van der Waals surface area contributed by atoms with Gasteiger partial charge in [0, 0.05) is 23.6 Å². The highest BCUT2D eigenvalue weighted by molar-refractivity contribution is 8.76. The van der Waals surface area contributed by atoms with Gasteiger partial charge in [0.05, 0.1) is 11.5 Å². The minimum absolute atomic E-state index is 0.110. The van der Waals surface area contributed by atoms with E-state index in [1.807, 2.05) is 0 Å². The van der Waals surface area contributed by atoms with Crippen molar-refractivity contribution in [2.75, 3.05) is 23.0 Å². The molecule has 6 N–H and O–H groups in total. The fraction of sp³-hybridized carbons (Fsp3) is 1.00. The summed E-state index contributed by atoms with van der Waals surface area (Å²) in [6.07, 6.45) is 1.38. The van der Waals surface area contributed by atoms with Crippen LogP contribution in [0.15, 0.2) is 0 Å². The van der Waals surface area contributed by atoms with E-state index >= 15 is 0 Å². The van der Waals surface area contributed by atoms with E-state index in [9.17, 15) is 8.42 Å². The van der Waals surface area contributed by atoms with E-state index < -0.39 is 22.2 Å². The van der Waals surface area contributed by atoms with Crippen LogP contribution in [0.2, 0.25) is 0 Å². The lowest BCUT2D eigenvalue weighted by Crippen LogP contribution is -2.27. The largest absolute Gasteiger partial charge is 0.327 e. The van der Waals surface area contributed by atoms with Crippen molar-refractivity contribution in [1.29, 1.82) is 0 Å². The molecule has 0 amide bonds.